The maximum Gasteiger partial charge on any atom is 0.407 e. The van der Waals surface area contributed by atoms with Crippen LogP contribution in [0.1, 0.15) is 44.7 Å². The third-order valence-electron chi connectivity index (χ3n) is 6.21. The van der Waals surface area contributed by atoms with Crippen LogP contribution in [0, 0.1) is 12.7 Å². The Bertz CT molecular complexity index is 1530. The standard InChI is InChI=1S/C28H31FN2O4S/c1-15-12-21(34-7)22(23-19-10-11-36-25(19)26(32)31(6)24(15)23)17-8-9-18(20(29)13-17)16(2)14-30-27(33)35-28(3,4)5/h8-13,16H,14H2,1-7H3,(H,30,33). The molecule has 0 bridgehead atoms. The summed E-state index contributed by atoms with van der Waals surface area (Å²) < 4.78 is 28.8. The van der Waals surface area contributed by atoms with Crippen molar-refractivity contribution in [2.45, 2.75) is 46.1 Å². The van der Waals surface area contributed by atoms with Gasteiger partial charge in [-0.2, -0.15) is 0 Å². The van der Waals surface area contributed by atoms with Crippen molar-refractivity contribution >= 4 is 38.4 Å². The largest absolute Gasteiger partial charge is 0.496 e. The number of nitrogens with one attached hydrogen (secondary N) is 1. The molecule has 36 heavy (non-hydrogen) atoms. The van der Waals surface area contributed by atoms with Gasteiger partial charge < -0.3 is 19.4 Å². The van der Waals surface area contributed by atoms with Gasteiger partial charge in [-0.25, -0.2) is 9.18 Å². The van der Waals surface area contributed by atoms with E-state index in [4.69, 9.17) is 9.47 Å². The molecule has 1 N–H and O–H groups in total. The van der Waals surface area contributed by atoms with Crippen LogP contribution in [-0.4, -0.2) is 29.9 Å². The average Bonchev–Trinajstić information content (AvgIpc) is 3.29. The SMILES string of the molecule is COc1cc(C)c2c(c1-c1ccc(C(C)CNC(=O)OC(C)(C)C)c(F)c1)c1ccsc1c(=O)n2C. The number of alkyl carbamates (subject to hydrolysis) is 1. The van der Waals surface area contributed by atoms with Gasteiger partial charge in [0, 0.05) is 35.8 Å². The monoisotopic (exact) mass is 510 g/mol. The second kappa shape index (κ2) is 9.58. The van der Waals surface area contributed by atoms with Crippen LogP contribution in [0.4, 0.5) is 9.18 Å². The average molecular weight is 511 g/mol. The van der Waals surface area contributed by atoms with Crippen LogP contribution in [0.25, 0.3) is 32.1 Å². The van der Waals surface area contributed by atoms with Gasteiger partial charge in [0.15, 0.2) is 0 Å². The molecule has 190 valence electrons. The zero-order valence-electron chi connectivity index (χ0n) is 21.6. The number of rotatable bonds is 5. The fraction of sp³-hybridized carbons (Fsp3) is 0.357. The van der Waals surface area contributed by atoms with Crippen molar-refractivity contribution < 1.29 is 18.7 Å². The topological polar surface area (TPSA) is 69.6 Å². The summed E-state index contributed by atoms with van der Waals surface area (Å²) in [6.45, 7) is 9.40. The zero-order valence-corrected chi connectivity index (χ0v) is 22.4. The number of halogens is 1. The molecule has 0 radical (unpaired) electrons. The maximum absolute atomic E-state index is 15.5. The van der Waals surface area contributed by atoms with Crippen LogP contribution in [0.2, 0.25) is 0 Å². The number of hydrogen-bond acceptors (Lipinski definition) is 5. The number of aromatic nitrogens is 1. The van der Waals surface area contributed by atoms with Crippen LogP contribution >= 0.6 is 11.3 Å². The number of methoxy groups -OCH3 is 1. The quantitative estimate of drug-likeness (QED) is 0.333. The summed E-state index contributed by atoms with van der Waals surface area (Å²) in [6, 6.07) is 8.91. The van der Waals surface area contributed by atoms with E-state index in [9.17, 15) is 9.59 Å². The molecule has 4 aromatic rings. The molecule has 0 aliphatic rings. The Hall–Kier alpha value is -3.39. The molecular weight excluding hydrogens is 479 g/mol. The number of thiophene rings is 1. The van der Waals surface area contributed by atoms with Crippen molar-refractivity contribution in [3.63, 3.8) is 0 Å². The van der Waals surface area contributed by atoms with Gasteiger partial charge in [-0.1, -0.05) is 19.1 Å². The highest BCUT2D eigenvalue weighted by Gasteiger charge is 2.22. The zero-order chi connectivity index (χ0) is 26.4. The number of benzene rings is 2. The van der Waals surface area contributed by atoms with Gasteiger partial charge in [-0.15, -0.1) is 11.3 Å². The van der Waals surface area contributed by atoms with E-state index >= 15 is 4.39 Å². The molecule has 2 heterocycles. The third-order valence-corrected chi connectivity index (χ3v) is 7.12. The van der Waals surface area contributed by atoms with Crippen LogP contribution in [0.3, 0.4) is 0 Å². The summed E-state index contributed by atoms with van der Waals surface area (Å²) in [6.07, 6.45) is -0.535. The van der Waals surface area contributed by atoms with Gasteiger partial charge in [0.25, 0.3) is 5.56 Å². The number of nitrogens with zero attached hydrogens (tertiary/aromatic N) is 1. The molecule has 2 aromatic carbocycles. The van der Waals surface area contributed by atoms with Crippen molar-refractivity contribution in [2.75, 3.05) is 13.7 Å². The molecule has 0 fully saturated rings. The second-order valence-electron chi connectivity index (χ2n) is 10.0. The molecule has 1 amide bonds. The Kier molecular flexibility index (Phi) is 6.84. The van der Waals surface area contributed by atoms with Crippen molar-refractivity contribution in [2.24, 2.45) is 7.05 Å². The molecule has 8 heteroatoms. The molecule has 0 saturated carbocycles. The Morgan fingerprint density at radius 2 is 1.94 bits per heavy atom. The fourth-order valence-electron chi connectivity index (χ4n) is 4.59. The molecule has 2 aromatic heterocycles. The summed E-state index contributed by atoms with van der Waals surface area (Å²) in [5.41, 5.74) is 2.91. The van der Waals surface area contributed by atoms with E-state index in [1.165, 1.54) is 17.4 Å². The Morgan fingerprint density at radius 1 is 1.22 bits per heavy atom. The molecular formula is C28H31FN2O4S. The van der Waals surface area contributed by atoms with E-state index in [0.29, 0.717) is 21.6 Å². The lowest BCUT2D eigenvalue weighted by molar-refractivity contribution is 0.0525. The first-order valence-electron chi connectivity index (χ1n) is 11.8. The van der Waals surface area contributed by atoms with Crippen molar-refractivity contribution in [1.29, 1.82) is 0 Å². The van der Waals surface area contributed by atoms with E-state index in [-0.39, 0.29) is 23.8 Å². The number of aryl methyl sites for hydroxylation is 2. The minimum Gasteiger partial charge on any atom is -0.496 e. The number of pyridine rings is 1. The molecule has 4 rings (SSSR count). The molecule has 0 aliphatic carbocycles. The first kappa shape index (κ1) is 25.7. The predicted molar refractivity (Wildman–Crippen MR) is 144 cm³/mol. The molecule has 0 spiro atoms. The summed E-state index contributed by atoms with van der Waals surface area (Å²) in [4.78, 5) is 25.0. The van der Waals surface area contributed by atoms with E-state index in [1.807, 2.05) is 37.4 Å². The highest BCUT2D eigenvalue weighted by molar-refractivity contribution is 7.17. The second-order valence-corrected chi connectivity index (χ2v) is 11.0. The van der Waals surface area contributed by atoms with E-state index in [0.717, 1.165) is 27.4 Å². The van der Waals surface area contributed by atoms with Crippen molar-refractivity contribution in [3.05, 3.63) is 63.0 Å². The fourth-order valence-corrected chi connectivity index (χ4v) is 5.46. The van der Waals surface area contributed by atoms with E-state index < -0.39 is 11.7 Å². The van der Waals surface area contributed by atoms with Crippen LogP contribution in [0.5, 0.6) is 5.75 Å². The van der Waals surface area contributed by atoms with Gasteiger partial charge >= 0.3 is 6.09 Å². The summed E-state index contributed by atoms with van der Waals surface area (Å²) in [7, 11) is 3.35. The molecule has 1 atom stereocenters. The molecule has 1 unspecified atom stereocenters. The maximum atomic E-state index is 15.5. The third kappa shape index (κ3) is 4.69. The lowest BCUT2D eigenvalue weighted by atomic mass is 9.92. The number of amides is 1. The van der Waals surface area contributed by atoms with Gasteiger partial charge in [0.05, 0.1) is 12.6 Å². The summed E-state index contributed by atoms with van der Waals surface area (Å²) in [5, 5.41) is 6.29. The van der Waals surface area contributed by atoms with Gasteiger partial charge in [0.2, 0.25) is 0 Å². The number of hydrogen-bond donors (Lipinski definition) is 1. The number of carbonyl (C=O) groups is 1. The first-order chi connectivity index (χ1) is 16.9. The van der Waals surface area contributed by atoms with Gasteiger partial charge in [-0.05, 0) is 68.0 Å². The highest BCUT2D eigenvalue weighted by atomic mass is 32.1. The number of fused-ring (bicyclic) bond motifs is 3. The summed E-state index contributed by atoms with van der Waals surface area (Å²) in [5.74, 6) is -0.0429. The number of ether oxygens (including phenoxy) is 2. The van der Waals surface area contributed by atoms with E-state index in [1.54, 1.807) is 45.6 Å². The van der Waals surface area contributed by atoms with Gasteiger partial charge in [-0.3, -0.25) is 4.79 Å². The minimum absolute atomic E-state index is 0.0560. The normalized spacial score (nSPS) is 12.7. The Balaban J connectivity index is 1.79. The lowest BCUT2D eigenvalue weighted by Gasteiger charge is -2.21. The smallest absolute Gasteiger partial charge is 0.407 e. The summed E-state index contributed by atoms with van der Waals surface area (Å²) >= 11 is 1.39. The number of carbonyl (C=O) groups excluding carboxylic acids is 1. The highest BCUT2D eigenvalue weighted by Crippen LogP contribution is 2.42. The van der Waals surface area contributed by atoms with Crippen LogP contribution in [0.15, 0.2) is 40.5 Å². The molecule has 0 aliphatic heterocycles. The van der Waals surface area contributed by atoms with Crippen LogP contribution in [-0.2, 0) is 11.8 Å². The van der Waals surface area contributed by atoms with Crippen molar-refractivity contribution in [3.8, 4) is 16.9 Å². The lowest BCUT2D eigenvalue weighted by Crippen LogP contribution is -2.34. The minimum atomic E-state index is -0.604. The van der Waals surface area contributed by atoms with Crippen LogP contribution < -0.4 is 15.6 Å². The van der Waals surface area contributed by atoms with Gasteiger partial charge in [0.1, 0.15) is 21.9 Å². The molecule has 0 saturated heterocycles. The van der Waals surface area contributed by atoms with Crippen molar-refractivity contribution in [1.82, 2.24) is 9.88 Å². The molecule has 6 nitrogen and oxygen atoms in total. The Morgan fingerprint density at radius 3 is 2.58 bits per heavy atom. The van der Waals surface area contributed by atoms with E-state index in [2.05, 4.69) is 5.32 Å². The Labute approximate surface area is 213 Å². The first-order valence-corrected chi connectivity index (χ1v) is 12.6. The predicted octanol–water partition coefficient (Wildman–Crippen LogP) is 6.50.